The first-order valence-electron chi connectivity index (χ1n) is 19.0. The standard InChI is InChI=1S/C40H60N2O6S2/c1-9-21-47-37(45)33-27-19-17-25(39(5,6)11-3)23-29(27)49-35(33)41-31(43)15-13-14-16-32(44)42-36-34(38(46)48-22-10-2)28-20-18-26(24-30(28)50-36)40(7,8)12-4/h25-26H,9-24H2,1-8H3,(H,41,43)(H,42,44). The Bertz CT molecular complexity index is 1410. The number of anilines is 2. The van der Waals surface area contributed by atoms with Crippen LogP contribution in [0.15, 0.2) is 0 Å². The highest BCUT2D eigenvalue weighted by Gasteiger charge is 2.37. The van der Waals surface area contributed by atoms with Crippen LogP contribution in [-0.4, -0.2) is 37.0 Å². The lowest BCUT2D eigenvalue weighted by atomic mass is 9.69. The Morgan fingerprint density at radius 1 is 0.660 bits per heavy atom. The summed E-state index contributed by atoms with van der Waals surface area (Å²) in [4.78, 5) is 55.0. The summed E-state index contributed by atoms with van der Waals surface area (Å²) in [6, 6.07) is 0. The first kappa shape index (κ1) is 40.1. The van der Waals surface area contributed by atoms with Crippen molar-refractivity contribution in [2.45, 2.75) is 145 Å². The molecule has 2 N–H and O–H groups in total. The van der Waals surface area contributed by atoms with E-state index in [1.807, 2.05) is 13.8 Å². The number of carbonyl (C=O) groups is 4. The van der Waals surface area contributed by atoms with Crippen LogP contribution in [0.1, 0.15) is 161 Å². The summed E-state index contributed by atoms with van der Waals surface area (Å²) in [5.74, 6) is -0.0122. The van der Waals surface area contributed by atoms with Gasteiger partial charge in [0.1, 0.15) is 10.0 Å². The number of fused-ring (bicyclic) bond motifs is 2. The molecule has 0 saturated carbocycles. The minimum Gasteiger partial charge on any atom is -0.462 e. The molecule has 0 fully saturated rings. The van der Waals surface area contributed by atoms with Crippen LogP contribution in [0.5, 0.6) is 0 Å². The Hall–Kier alpha value is -2.72. The van der Waals surface area contributed by atoms with E-state index in [9.17, 15) is 19.2 Å². The Morgan fingerprint density at radius 2 is 1.04 bits per heavy atom. The molecule has 0 spiro atoms. The van der Waals surface area contributed by atoms with Crippen LogP contribution in [-0.2, 0) is 44.7 Å². The van der Waals surface area contributed by atoms with Gasteiger partial charge in [0, 0.05) is 22.6 Å². The molecule has 2 heterocycles. The lowest BCUT2D eigenvalue weighted by molar-refractivity contribution is -0.118. The third kappa shape index (κ3) is 9.58. The summed E-state index contributed by atoms with van der Waals surface area (Å²) >= 11 is 3.03. The Morgan fingerprint density at radius 3 is 1.38 bits per heavy atom. The van der Waals surface area contributed by atoms with Crippen molar-refractivity contribution in [3.8, 4) is 0 Å². The number of rotatable bonds is 17. The van der Waals surface area contributed by atoms with E-state index < -0.39 is 0 Å². The van der Waals surface area contributed by atoms with Crippen molar-refractivity contribution in [3.05, 3.63) is 32.0 Å². The third-order valence-corrected chi connectivity index (χ3v) is 13.7. The maximum Gasteiger partial charge on any atom is 0.341 e. The molecule has 2 aliphatic rings. The predicted octanol–water partition coefficient (Wildman–Crippen LogP) is 10.2. The van der Waals surface area contributed by atoms with Gasteiger partial charge in [0.05, 0.1) is 24.3 Å². The monoisotopic (exact) mass is 728 g/mol. The molecule has 2 unspecified atom stereocenters. The quantitative estimate of drug-likeness (QED) is 0.124. The van der Waals surface area contributed by atoms with Gasteiger partial charge in [-0.1, -0.05) is 68.2 Å². The zero-order chi connectivity index (χ0) is 36.6. The van der Waals surface area contributed by atoms with Crippen molar-refractivity contribution in [1.29, 1.82) is 0 Å². The van der Waals surface area contributed by atoms with E-state index in [2.05, 4.69) is 52.2 Å². The molecule has 2 aliphatic carbocycles. The second-order valence-electron chi connectivity index (χ2n) is 15.6. The summed E-state index contributed by atoms with van der Waals surface area (Å²) in [6.07, 6.45) is 10.6. The van der Waals surface area contributed by atoms with Gasteiger partial charge in [0.2, 0.25) is 11.8 Å². The molecule has 0 aliphatic heterocycles. The van der Waals surface area contributed by atoms with Gasteiger partial charge in [-0.3, -0.25) is 9.59 Å². The zero-order valence-electron chi connectivity index (χ0n) is 31.7. The first-order chi connectivity index (χ1) is 23.8. The summed E-state index contributed by atoms with van der Waals surface area (Å²) < 4.78 is 11.1. The molecule has 0 bridgehead atoms. The van der Waals surface area contributed by atoms with Crippen LogP contribution in [0.4, 0.5) is 10.0 Å². The summed E-state index contributed by atoms with van der Waals surface area (Å²) in [6.45, 7) is 18.3. The second-order valence-corrected chi connectivity index (χ2v) is 17.8. The van der Waals surface area contributed by atoms with Gasteiger partial charge in [-0.2, -0.15) is 0 Å². The molecule has 0 saturated heterocycles. The number of nitrogens with one attached hydrogen (secondary N) is 2. The van der Waals surface area contributed by atoms with Crippen LogP contribution in [0, 0.1) is 22.7 Å². The lowest BCUT2D eigenvalue weighted by Crippen LogP contribution is -2.28. The summed E-state index contributed by atoms with van der Waals surface area (Å²) in [5.41, 5.74) is 3.52. The van der Waals surface area contributed by atoms with E-state index in [-0.39, 0.29) is 47.4 Å². The minimum absolute atomic E-state index is 0.171. The highest BCUT2D eigenvalue weighted by atomic mass is 32.1. The van der Waals surface area contributed by atoms with E-state index in [0.29, 0.717) is 59.0 Å². The third-order valence-electron chi connectivity index (χ3n) is 11.4. The number of amides is 2. The van der Waals surface area contributed by atoms with Crippen molar-refractivity contribution in [1.82, 2.24) is 0 Å². The Labute approximate surface area is 307 Å². The second kappa shape index (κ2) is 17.7. The highest BCUT2D eigenvalue weighted by molar-refractivity contribution is 7.17. The number of ether oxygens (including phenoxy) is 2. The van der Waals surface area contributed by atoms with Crippen LogP contribution < -0.4 is 10.6 Å². The molecule has 2 aromatic heterocycles. The van der Waals surface area contributed by atoms with Crippen LogP contribution >= 0.6 is 22.7 Å². The average Bonchev–Trinajstić information content (AvgIpc) is 3.64. The number of thiophene rings is 2. The zero-order valence-corrected chi connectivity index (χ0v) is 33.4. The molecule has 2 aromatic rings. The fraction of sp³-hybridized carbons (Fsp3) is 0.700. The van der Waals surface area contributed by atoms with Crippen molar-refractivity contribution < 1.29 is 28.7 Å². The van der Waals surface area contributed by atoms with Gasteiger partial charge in [0.15, 0.2) is 0 Å². The van der Waals surface area contributed by atoms with E-state index in [4.69, 9.17) is 9.47 Å². The highest BCUT2D eigenvalue weighted by Crippen LogP contribution is 2.47. The van der Waals surface area contributed by atoms with Crippen molar-refractivity contribution in [3.63, 3.8) is 0 Å². The average molecular weight is 729 g/mol. The minimum atomic E-state index is -0.359. The molecule has 0 radical (unpaired) electrons. The van der Waals surface area contributed by atoms with Gasteiger partial charge in [-0.25, -0.2) is 9.59 Å². The smallest absolute Gasteiger partial charge is 0.341 e. The molecule has 2 atom stereocenters. The summed E-state index contributed by atoms with van der Waals surface area (Å²) in [5, 5.41) is 7.23. The largest absolute Gasteiger partial charge is 0.462 e. The number of hydrogen-bond acceptors (Lipinski definition) is 8. The number of unbranched alkanes of at least 4 members (excludes halogenated alkanes) is 1. The van der Waals surface area contributed by atoms with Gasteiger partial charge < -0.3 is 20.1 Å². The maximum absolute atomic E-state index is 13.2. The van der Waals surface area contributed by atoms with Crippen LogP contribution in [0.2, 0.25) is 0 Å². The fourth-order valence-corrected chi connectivity index (χ4v) is 9.84. The summed E-state index contributed by atoms with van der Waals surface area (Å²) in [7, 11) is 0. The van der Waals surface area contributed by atoms with Crippen LogP contribution in [0.3, 0.4) is 0 Å². The molecule has 10 heteroatoms. The topological polar surface area (TPSA) is 111 Å². The van der Waals surface area contributed by atoms with E-state index in [0.717, 1.165) is 75.3 Å². The predicted molar refractivity (Wildman–Crippen MR) is 205 cm³/mol. The first-order valence-corrected chi connectivity index (χ1v) is 20.6. The molecular formula is C40H60N2O6S2. The number of hydrogen-bond donors (Lipinski definition) is 2. The molecule has 278 valence electrons. The van der Waals surface area contributed by atoms with E-state index in [1.54, 1.807) is 0 Å². The van der Waals surface area contributed by atoms with Gasteiger partial charge in [-0.05, 0) is 98.0 Å². The molecule has 0 aromatic carbocycles. The van der Waals surface area contributed by atoms with Gasteiger partial charge in [0.25, 0.3) is 0 Å². The van der Waals surface area contributed by atoms with Gasteiger partial charge >= 0.3 is 11.9 Å². The maximum atomic E-state index is 13.2. The van der Waals surface area contributed by atoms with Crippen LogP contribution in [0.25, 0.3) is 0 Å². The number of carbonyl (C=O) groups excluding carboxylic acids is 4. The Kier molecular flexibility index (Phi) is 14.2. The molecule has 4 rings (SSSR count). The van der Waals surface area contributed by atoms with E-state index >= 15 is 0 Å². The van der Waals surface area contributed by atoms with Crippen molar-refractivity contribution in [2.75, 3.05) is 23.8 Å². The number of esters is 2. The molecule has 2 amide bonds. The molecule has 8 nitrogen and oxygen atoms in total. The van der Waals surface area contributed by atoms with Crippen molar-refractivity contribution in [2.24, 2.45) is 22.7 Å². The normalized spacial score (nSPS) is 17.4. The Balaban J connectivity index is 1.37. The lowest BCUT2D eigenvalue weighted by Gasteiger charge is -2.36. The SMILES string of the molecule is CCCOC(=O)c1c(NC(=O)CCCCC(=O)Nc2sc3c(c2C(=O)OCCC)CCC(C(C)(C)CC)C3)sc2c1CCC(C(C)(C)CC)C2. The fourth-order valence-electron chi connectivity index (χ4n) is 7.17. The molecular weight excluding hydrogens is 669 g/mol. The molecule has 50 heavy (non-hydrogen) atoms. The van der Waals surface area contributed by atoms with Gasteiger partial charge in [-0.15, -0.1) is 22.7 Å². The van der Waals surface area contributed by atoms with E-state index in [1.165, 1.54) is 32.4 Å². The van der Waals surface area contributed by atoms with Crippen molar-refractivity contribution >= 4 is 56.4 Å².